The molecule has 1 aromatic carbocycles. The molecule has 0 spiro atoms. The number of amides is 1. The van der Waals surface area contributed by atoms with Crippen LogP contribution in [-0.4, -0.2) is 12.5 Å². The molecule has 6 heteroatoms. The summed E-state index contributed by atoms with van der Waals surface area (Å²) < 4.78 is 13.3. The molecular weight excluding hydrogens is 266 g/mol. The zero-order valence-corrected chi connectivity index (χ0v) is 10.8. The van der Waals surface area contributed by atoms with Gasteiger partial charge in [0.05, 0.1) is 11.1 Å². The highest BCUT2D eigenvalue weighted by molar-refractivity contribution is 6.35. The van der Waals surface area contributed by atoms with Gasteiger partial charge < -0.3 is 11.1 Å². The number of hydrogen-bond donors (Lipinski definition) is 2. The van der Waals surface area contributed by atoms with Gasteiger partial charge in [-0.3, -0.25) is 4.79 Å². The number of carbonyl (C=O) groups is 1. The Morgan fingerprint density at radius 2 is 2.12 bits per heavy atom. The number of rotatable bonds is 4. The van der Waals surface area contributed by atoms with Crippen LogP contribution in [0.4, 0.5) is 4.39 Å². The Morgan fingerprint density at radius 3 is 2.71 bits per heavy atom. The molecule has 0 bridgehead atoms. The normalized spacial score (nSPS) is 12.3. The van der Waals surface area contributed by atoms with Gasteiger partial charge in [-0.15, -0.1) is 0 Å². The molecule has 1 amide bonds. The van der Waals surface area contributed by atoms with E-state index in [9.17, 15) is 9.18 Å². The van der Waals surface area contributed by atoms with Gasteiger partial charge in [0.25, 0.3) is 0 Å². The number of carbonyl (C=O) groups excluding carboxylic acids is 1. The lowest BCUT2D eigenvalue weighted by atomic mass is 10.1. The SMILES string of the molecule is CC(NC(=O)CCN)c1cc(F)c(Cl)cc1Cl. The Hall–Kier alpha value is -0.840. The molecule has 1 rings (SSSR count). The first kappa shape index (κ1) is 14.2. The Morgan fingerprint density at radius 1 is 1.47 bits per heavy atom. The Balaban J connectivity index is 2.85. The van der Waals surface area contributed by atoms with Crippen molar-refractivity contribution >= 4 is 29.1 Å². The number of benzene rings is 1. The molecule has 1 atom stereocenters. The Kier molecular flexibility index (Phi) is 5.18. The van der Waals surface area contributed by atoms with Gasteiger partial charge in [-0.05, 0) is 24.6 Å². The zero-order valence-electron chi connectivity index (χ0n) is 9.27. The standard InChI is InChI=1S/C11H13Cl2FN2O/c1-6(16-11(17)2-3-15)7-4-10(14)9(13)5-8(7)12/h4-6H,2-3,15H2,1H3,(H,16,17). The van der Waals surface area contributed by atoms with Crippen molar-refractivity contribution in [2.45, 2.75) is 19.4 Å². The summed E-state index contributed by atoms with van der Waals surface area (Å²) in [7, 11) is 0. The van der Waals surface area contributed by atoms with E-state index in [1.54, 1.807) is 6.92 Å². The number of nitrogens with two attached hydrogens (primary N) is 1. The van der Waals surface area contributed by atoms with Crippen LogP contribution >= 0.6 is 23.2 Å². The van der Waals surface area contributed by atoms with E-state index in [4.69, 9.17) is 28.9 Å². The molecule has 3 N–H and O–H groups in total. The summed E-state index contributed by atoms with van der Waals surface area (Å²) in [6.45, 7) is 1.98. The van der Waals surface area contributed by atoms with E-state index >= 15 is 0 Å². The van der Waals surface area contributed by atoms with Gasteiger partial charge in [-0.2, -0.15) is 0 Å². The maximum atomic E-state index is 13.3. The first-order chi connectivity index (χ1) is 7.95. The molecule has 0 fully saturated rings. The quantitative estimate of drug-likeness (QED) is 0.832. The van der Waals surface area contributed by atoms with Crippen LogP contribution in [0.1, 0.15) is 24.9 Å². The van der Waals surface area contributed by atoms with Crippen molar-refractivity contribution in [3.63, 3.8) is 0 Å². The summed E-state index contributed by atoms with van der Waals surface area (Å²) >= 11 is 11.5. The molecule has 0 saturated carbocycles. The molecular formula is C11H13Cl2FN2O. The largest absolute Gasteiger partial charge is 0.349 e. The number of halogens is 3. The summed E-state index contributed by atoms with van der Waals surface area (Å²) in [4.78, 5) is 11.3. The van der Waals surface area contributed by atoms with Crippen molar-refractivity contribution in [3.8, 4) is 0 Å². The molecule has 0 heterocycles. The summed E-state index contributed by atoms with van der Waals surface area (Å²) in [5.41, 5.74) is 5.74. The molecule has 0 aliphatic heterocycles. The van der Waals surface area contributed by atoms with Crippen LogP contribution in [-0.2, 0) is 4.79 Å². The fraction of sp³-hybridized carbons (Fsp3) is 0.364. The lowest BCUT2D eigenvalue weighted by Gasteiger charge is -2.16. The molecule has 3 nitrogen and oxygen atoms in total. The van der Waals surface area contributed by atoms with Crippen LogP contribution in [0.5, 0.6) is 0 Å². The molecule has 17 heavy (non-hydrogen) atoms. The van der Waals surface area contributed by atoms with Crippen molar-refractivity contribution in [1.82, 2.24) is 5.32 Å². The smallest absolute Gasteiger partial charge is 0.221 e. The van der Waals surface area contributed by atoms with E-state index in [2.05, 4.69) is 5.32 Å². The highest BCUT2D eigenvalue weighted by atomic mass is 35.5. The van der Waals surface area contributed by atoms with Crippen molar-refractivity contribution in [1.29, 1.82) is 0 Å². The molecule has 0 aliphatic rings. The van der Waals surface area contributed by atoms with Gasteiger partial charge in [0.15, 0.2) is 0 Å². The second-order valence-electron chi connectivity index (χ2n) is 3.62. The van der Waals surface area contributed by atoms with Gasteiger partial charge >= 0.3 is 0 Å². The van der Waals surface area contributed by atoms with Gasteiger partial charge in [-0.25, -0.2) is 4.39 Å². The minimum Gasteiger partial charge on any atom is -0.349 e. The van der Waals surface area contributed by atoms with E-state index < -0.39 is 11.9 Å². The molecule has 1 aromatic rings. The van der Waals surface area contributed by atoms with Crippen molar-refractivity contribution < 1.29 is 9.18 Å². The third-order valence-electron chi connectivity index (χ3n) is 2.26. The minimum atomic E-state index is -0.564. The third kappa shape index (κ3) is 3.84. The highest BCUT2D eigenvalue weighted by Crippen LogP contribution is 2.28. The molecule has 0 saturated heterocycles. The predicted octanol–water partition coefficient (Wildman–Crippen LogP) is 2.66. The average Bonchev–Trinajstić information content (AvgIpc) is 2.23. The van der Waals surface area contributed by atoms with Crippen molar-refractivity contribution in [2.24, 2.45) is 5.73 Å². The Labute approximate surface area is 109 Å². The number of hydrogen-bond acceptors (Lipinski definition) is 2. The van der Waals surface area contributed by atoms with E-state index in [-0.39, 0.29) is 23.9 Å². The van der Waals surface area contributed by atoms with Crippen molar-refractivity contribution in [2.75, 3.05) is 6.54 Å². The van der Waals surface area contributed by atoms with Crippen LogP contribution in [0.15, 0.2) is 12.1 Å². The monoisotopic (exact) mass is 278 g/mol. The molecule has 0 aromatic heterocycles. The molecule has 0 radical (unpaired) electrons. The molecule has 94 valence electrons. The lowest BCUT2D eigenvalue weighted by molar-refractivity contribution is -0.121. The van der Waals surface area contributed by atoms with Gasteiger partial charge in [0, 0.05) is 18.0 Å². The fourth-order valence-corrected chi connectivity index (χ4v) is 1.94. The van der Waals surface area contributed by atoms with Crippen LogP contribution in [0.25, 0.3) is 0 Å². The van der Waals surface area contributed by atoms with Crippen LogP contribution in [0.3, 0.4) is 0 Å². The second-order valence-corrected chi connectivity index (χ2v) is 4.43. The third-order valence-corrected chi connectivity index (χ3v) is 2.87. The maximum Gasteiger partial charge on any atom is 0.221 e. The second kappa shape index (κ2) is 6.19. The predicted molar refractivity (Wildman–Crippen MR) is 66.6 cm³/mol. The van der Waals surface area contributed by atoms with Gasteiger partial charge in [0.2, 0.25) is 5.91 Å². The summed E-state index contributed by atoms with van der Waals surface area (Å²) in [6.07, 6.45) is 0.220. The summed E-state index contributed by atoms with van der Waals surface area (Å²) in [6, 6.07) is 2.14. The van der Waals surface area contributed by atoms with Gasteiger partial charge in [0.1, 0.15) is 5.82 Å². The van der Waals surface area contributed by atoms with Crippen molar-refractivity contribution in [3.05, 3.63) is 33.6 Å². The topological polar surface area (TPSA) is 55.1 Å². The summed E-state index contributed by atoms with van der Waals surface area (Å²) in [5, 5.41) is 2.95. The molecule has 1 unspecified atom stereocenters. The van der Waals surface area contributed by atoms with E-state index in [0.29, 0.717) is 10.6 Å². The minimum absolute atomic E-state index is 0.0424. The van der Waals surface area contributed by atoms with E-state index in [1.165, 1.54) is 12.1 Å². The first-order valence-electron chi connectivity index (χ1n) is 5.09. The highest BCUT2D eigenvalue weighted by Gasteiger charge is 2.15. The van der Waals surface area contributed by atoms with Crippen LogP contribution in [0, 0.1) is 5.82 Å². The van der Waals surface area contributed by atoms with Crippen LogP contribution in [0.2, 0.25) is 10.0 Å². The zero-order chi connectivity index (χ0) is 13.0. The molecule has 0 aliphatic carbocycles. The maximum absolute atomic E-state index is 13.3. The first-order valence-corrected chi connectivity index (χ1v) is 5.85. The van der Waals surface area contributed by atoms with Gasteiger partial charge in [-0.1, -0.05) is 23.2 Å². The average molecular weight is 279 g/mol. The number of nitrogens with one attached hydrogen (secondary N) is 1. The van der Waals surface area contributed by atoms with Crippen LogP contribution < -0.4 is 11.1 Å². The lowest BCUT2D eigenvalue weighted by Crippen LogP contribution is -2.28. The fourth-order valence-electron chi connectivity index (χ4n) is 1.39. The van der Waals surface area contributed by atoms with E-state index in [1.807, 2.05) is 0 Å². The Bertz CT molecular complexity index is 426. The van der Waals surface area contributed by atoms with E-state index in [0.717, 1.165) is 0 Å². The summed E-state index contributed by atoms with van der Waals surface area (Å²) in [5.74, 6) is -0.766.